The molecule has 0 bridgehead atoms. The van der Waals surface area contributed by atoms with Crippen LogP contribution >= 0.6 is 11.8 Å². The van der Waals surface area contributed by atoms with Gasteiger partial charge in [-0.2, -0.15) is 0 Å². The fourth-order valence-corrected chi connectivity index (χ4v) is 2.62. The third-order valence-corrected chi connectivity index (χ3v) is 3.78. The Morgan fingerprint density at radius 1 is 1.47 bits per heavy atom. The molecule has 3 N–H and O–H groups in total. The molecule has 1 heterocycles. The minimum atomic E-state index is -0.329. The summed E-state index contributed by atoms with van der Waals surface area (Å²) in [6.45, 7) is 0.455. The predicted octanol–water partition coefficient (Wildman–Crippen LogP) is 0.921. The number of anilines is 1. The summed E-state index contributed by atoms with van der Waals surface area (Å²) in [7, 11) is 1.59. The number of urea groups is 1. The van der Waals surface area contributed by atoms with Crippen LogP contribution in [0.2, 0.25) is 0 Å². The first-order valence-corrected chi connectivity index (χ1v) is 6.75. The second-order valence-electron chi connectivity index (χ2n) is 3.96. The van der Waals surface area contributed by atoms with Crippen molar-refractivity contribution >= 4 is 29.4 Å². The lowest BCUT2D eigenvalue weighted by Gasteiger charge is -2.12. The highest BCUT2D eigenvalue weighted by Gasteiger charge is 2.27. The van der Waals surface area contributed by atoms with Gasteiger partial charge in [-0.05, 0) is 18.2 Å². The van der Waals surface area contributed by atoms with E-state index in [1.54, 1.807) is 19.2 Å². The van der Waals surface area contributed by atoms with Gasteiger partial charge in [0.1, 0.15) is 5.75 Å². The Morgan fingerprint density at radius 2 is 2.26 bits per heavy atom. The van der Waals surface area contributed by atoms with Gasteiger partial charge in [0.15, 0.2) is 0 Å². The van der Waals surface area contributed by atoms with Gasteiger partial charge >= 0.3 is 6.03 Å². The molecule has 1 aromatic carbocycles. The maximum absolute atomic E-state index is 11.4. The van der Waals surface area contributed by atoms with Gasteiger partial charge in [-0.3, -0.25) is 9.69 Å². The van der Waals surface area contributed by atoms with Crippen LogP contribution in [0.25, 0.3) is 0 Å². The Labute approximate surface area is 115 Å². The normalized spacial score (nSPS) is 14.7. The Hall–Kier alpha value is -1.89. The number of carbonyl (C=O) groups is 2. The van der Waals surface area contributed by atoms with Crippen molar-refractivity contribution in [3.05, 3.63) is 18.2 Å². The minimum absolute atomic E-state index is 0.0881. The smallest absolute Gasteiger partial charge is 0.324 e. The highest BCUT2D eigenvalue weighted by Crippen LogP contribution is 2.29. The van der Waals surface area contributed by atoms with E-state index in [9.17, 15) is 9.59 Å². The van der Waals surface area contributed by atoms with E-state index in [1.807, 2.05) is 6.07 Å². The van der Waals surface area contributed by atoms with Crippen molar-refractivity contribution in [1.82, 2.24) is 10.2 Å². The van der Waals surface area contributed by atoms with E-state index in [1.165, 1.54) is 16.7 Å². The molecule has 0 atom stereocenters. The number of imide groups is 1. The number of nitrogens with one attached hydrogen (secondary N) is 1. The van der Waals surface area contributed by atoms with E-state index in [0.717, 1.165) is 10.6 Å². The zero-order valence-corrected chi connectivity index (χ0v) is 11.3. The first-order valence-electron chi connectivity index (χ1n) is 5.76. The number of hydrogen-bond acceptors (Lipinski definition) is 5. The van der Waals surface area contributed by atoms with Crippen molar-refractivity contribution in [2.24, 2.45) is 0 Å². The molecule has 1 saturated heterocycles. The van der Waals surface area contributed by atoms with Crippen LogP contribution in [0.1, 0.15) is 0 Å². The Balaban J connectivity index is 1.92. The van der Waals surface area contributed by atoms with Gasteiger partial charge in [-0.15, -0.1) is 11.8 Å². The average molecular weight is 281 g/mol. The Bertz CT molecular complexity index is 491. The quantitative estimate of drug-likeness (QED) is 0.476. The van der Waals surface area contributed by atoms with Crippen molar-refractivity contribution in [3.63, 3.8) is 0 Å². The summed E-state index contributed by atoms with van der Waals surface area (Å²) in [6.07, 6.45) is 0. The van der Waals surface area contributed by atoms with E-state index in [-0.39, 0.29) is 18.5 Å². The molecule has 1 fully saturated rings. The number of rotatable bonds is 5. The number of nitrogens with zero attached hydrogens (tertiary/aromatic N) is 1. The van der Waals surface area contributed by atoms with Crippen molar-refractivity contribution in [1.29, 1.82) is 0 Å². The van der Waals surface area contributed by atoms with Gasteiger partial charge in [-0.25, -0.2) is 4.79 Å². The number of thioether (sulfide) groups is 1. The van der Waals surface area contributed by atoms with Gasteiger partial charge in [-0.1, -0.05) is 0 Å². The van der Waals surface area contributed by atoms with Gasteiger partial charge in [0.25, 0.3) is 0 Å². The lowest BCUT2D eigenvalue weighted by molar-refractivity contribution is -0.124. The van der Waals surface area contributed by atoms with Crippen LogP contribution < -0.4 is 15.8 Å². The molecule has 0 radical (unpaired) electrons. The Morgan fingerprint density at radius 3 is 2.89 bits per heavy atom. The fourth-order valence-electron chi connectivity index (χ4n) is 1.70. The molecule has 19 heavy (non-hydrogen) atoms. The van der Waals surface area contributed by atoms with Gasteiger partial charge in [0, 0.05) is 22.9 Å². The first kappa shape index (κ1) is 13.5. The van der Waals surface area contributed by atoms with E-state index >= 15 is 0 Å². The van der Waals surface area contributed by atoms with E-state index in [2.05, 4.69) is 5.32 Å². The number of carbonyl (C=O) groups excluding carboxylic acids is 2. The first-order chi connectivity index (χ1) is 9.11. The molecular formula is C12H15N3O3S. The van der Waals surface area contributed by atoms with Gasteiger partial charge < -0.3 is 15.8 Å². The largest absolute Gasteiger partial charge is 0.497 e. The van der Waals surface area contributed by atoms with Crippen molar-refractivity contribution in [3.8, 4) is 5.75 Å². The summed E-state index contributed by atoms with van der Waals surface area (Å²) in [5.74, 6) is 1.13. The van der Waals surface area contributed by atoms with E-state index in [4.69, 9.17) is 10.5 Å². The number of ether oxygens (including phenoxy) is 1. The van der Waals surface area contributed by atoms with Crippen LogP contribution in [0.3, 0.4) is 0 Å². The van der Waals surface area contributed by atoms with Crippen molar-refractivity contribution in [2.75, 3.05) is 31.7 Å². The lowest BCUT2D eigenvalue weighted by Crippen LogP contribution is -2.32. The third kappa shape index (κ3) is 3.11. The predicted molar refractivity (Wildman–Crippen MR) is 73.2 cm³/mol. The Kier molecular flexibility index (Phi) is 4.16. The highest BCUT2D eigenvalue weighted by atomic mass is 32.2. The number of hydrogen-bond donors (Lipinski definition) is 2. The molecule has 1 aliphatic rings. The van der Waals surface area contributed by atoms with Crippen LogP contribution in [0.15, 0.2) is 23.1 Å². The number of nitrogen functional groups attached to an aromatic ring is 1. The SMILES string of the molecule is COc1ccc(N)c(SCCN2C(=O)CNC2=O)c1. The summed E-state index contributed by atoms with van der Waals surface area (Å²) >= 11 is 1.49. The molecule has 102 valence electrons. The van der Waals surface area contributed by atoms with Crippen LogP contribution in [0.4, 0.5) is 10.5 Å². The van der Waals surface area contributed by atoms with Gasteiger partial charge in [0.05, 0.1) is 13.7 Å². The van der Waals surface area contributed by atoms with Crippen LogP contribution in [0.5, 0.6) is 5.75 Å². The van der Waals surface area contributed by atoms with Crippen molar-refractivity contribution < 1.29 is 14.3 Å². The fraction of sp³-hybridized carbons (Fsp3) is 0.333. The van der Waals surface area contributed by atoms with Crippen LogP contribution in [-0.4, -0.2) is 42.8 Å². The molecule has 3 amide bonds. The standard InChI is InChI=1S/C12H15N3O3S/c1-18-8-2-3-9(13)10(6-8)19-5-4-15-11(16)7-14-12(15)17/h2-3,6H,4-5,7,13H2,1H3,(H,14,17). The molecule has 1 aromatic rings. The molecular weight excluding hydrogens is 266 g/mol. The highest BCUT2D eigenvalue weighted by molar-refractivity contribution is 7.99. The van der Waals surface area contributed by atoms with Crippen LogP contribution in [-0.2, 0) is 4.79 Å². The zero-order chi connectivity index (χ0) is 13.8. The molecule has 0 saturated carbocycles. The monoisotopic (exact) mass is 281 g/mol. The van der Waals surface area contributed by atoms with E-state index in [0.29, 0.717) is 18.0 Å². The number of nitrogens with two attached hydrogens (primary N) is 1. The summed E-state index contributed by atoms with van der Waals surface area (Å²) in [6, 6.07) is 5.07. The molecule has 0 unspecified atom stereocenters. The van der Waals surface area contributed by atoms with Crippen molar-refractivity contribution in [2.45, 2.75) is 4.90 Å². The maximum atomic E-state index is 11.4. The third-order valence-electron chi connectivity index (χ3n) is 2.73. The molecule has 0 spiro atoms. The average Bonchev–Trinajstić information content (AvgIpc) is 2.72. The second kappa shape index (κ2) is 5.83. The second-order valence-corrected chi connectivity index (χ2v) is 5.09. The topological polar surface area (TPSA) is 84.7 Å². The number of amides is 3. The van der Waals surface area contributed by atoms with E-state index < -0.39 is 0 Å². The number of benzene rings is 1. The number of methoxy groups -OCH3 is 1. The molecule has 1 aliphatic heterocycles. The summed E-state index contributed by atoms with van der Waals surface area (Å²) in [5.41, 5.74) is 6.51. The zero-order valence-electron chi connectivity index (χ0n) is 10.5. The lowest BCUT2D eigenvalue weighted by atomic mass is 10.3. The van der Waals surface area contributed by atoms with Crippen LogP contribution in [0, 0.1) is 0 Å². The summed E-state index contributed by atoms with van der Waals surface area (Å²) in [5, 5.41) is 2.48. The molecule has 2 rings (SSSR count). The van der Waals surface area contributed by atoms with Gasteiger partial charge in [0.2, 0.25) is 5.91 Å². The molecule has 0 aromatic heterocycles. The minimum Gasteiger partial charge on any atom is -0.497 e. The molecule has 6 nitrogen and oxygen atoms in total. The summed E-state index contributed by atoms with van der Waals surface area (Å²) < 4.78 is 5.13. The molecule has 7 heteroatoms. The summed E-state index contributed by atoms with van der Waals surface area (Å²) in [4.78, 5) is 24.8. The maximum Gasteiger partial charge on any atom is 0.324 e. The molecule has 0 aliphatic carbocycles.